The molecule has 0 aromatic carbocycles. The van der Waals surface area contributed by atoms with Crippen LogP contribution >= 0.6 is 22.7 Å². The van der Waals surface area contributed by atoms with Crippen molar-refractivity contribution in [3.8, 4) is 12.1 Å². The van der Waals surface area contributed by atoms with Gasteiger partial charge in [-0.15, -0.1) is 22.7 Å². The molecule has 102 valence electrons. The average Bonchev–Trinajstić information content (AvgIpc) is 3.19. The molecule has 1 aliphatic heterocycles. The van der Waals surface area contributed by atoms with E-state index in [-0.39, 0.29) is 11.5 Å². The fraction of sp³-hybridized carbons (Fsp3) is 0.0667. The summed E-state index contributed by atoms with van der Waals surface area (Å²) in [4.78, 5) is 1.73. The van der Waals surface area contributed by atoms with Crippen molar-refractivity contribution in [1.82, 2.24) is 0 Å². The van der Waals surface area contributed by atoms with E-state index >= 15 is 0 Å². The van der Waals surface area contributed by atoms with E-state index in [1.165, 1.54) is 22.7 Å². The Labute approximate surface area is 129 Å². The van der Waals surface area contributed by atoms with Crippen LogP contribution in [0.4, 0.5) is 0 Å². The predicted molar refractivity (Wildman–Crippen MR) is 81.8 cm³/mol. The van der Waals surface area contributed by atoms with Gasteiger partial charge in [-0.1, -0.05) is 12.1 Å². The molecule has 21 heavy (non-hydrogen) atoms. The second-order valence-electron chi connectivity index (χ2n) is 4.27. The molecule has 0 unspecified atom stereocenters. The van der Waals surface area contributed by atoms with Crippen LogP contribution in [-0.4, -0.2) is 0 Å². The van der Waals surface area contributed by atoms with E-state index in [9.17, 15) is 10.5 Å². The quantitative estimate of drug-likeness (QED) is 0.919. The molecule has 0 bridgehead atoms. The number of ether oxygens (including phenoxy) is 1. The molecule has 2 aromatic heterocycles. The molecule has 3 heterocycles. The summed E-state index contributed by atoms with van der Waals surface area (Å²) in [5.74, 6) is 0.0616. The van der Waals surface area contributed by atoms with Gasteiger partial charge in [0.1, 0.15) is 11.6 Å². The molecule has 2 N–H and O–H groups in total. The van der Waals surface area contributed by atoms with Crippen LogP contribution in [0.1, 0.15) is 15.7 Å². The second kappa shape index (κ2) is 5.45. The zero-order valence-electron chi connectivity index (χ0n) is 10.7. The maximum atomic E-state index is 9.58. The first-order valence-electron chi connectivity index (χ1n) is 6.05. The van der Waals surface area contributed by atoms with Crippen molar-refractivity contribution in [2.24, 2.45) is 5.73 Å². The van der Waals surface area contributed by atoms with E-state index in [0.29, 0.717) is 11.3 Å². The van der Waals surface area contributed by atoms with Crippen LogP contribution in [0, 0.1) is 22.7 Å². The molecule has 0 spiro atoms. The summed E-state index contributed by atoms with van der Waals surface area (Å²) in [7, 11) is 0. The molecular formula is C15H9N3OS2. The van der Waals surface area contributed by atoms with Crippen molar-refractivity contribution in [2.45, 2.75) is 5.92 Å². The van der Waals surface area contributed by atoms with E-state index in [4.69, 9.17) is 10.5 Å². The zero-order chi connectivity index (χ0) is 14.8. The molecule has 0 fully saturated rings. The van der Waals surface area contributed by atoms with Gasteiger partial charge >= 0.3 is 0 Å². The van der Waals surface area contributed by atoms with Crippen LogP contribution in [0.15, 0.2) is 52.1 Å². The van der Waals surface area contributed by atoms with Gasteiger partial charge in [0.15, 0.2) is 5.76 Å². The standard InChI is InChI=1S/C15H9N3OS2/c16-7-9-13(11-3-1-5-20-11)10(8-17)15(18)19-14(9)12-4-2-6-21-12/h1-6,13H,18H2/t13-/m1/s1. The van der Waals surface area contributed by atoms with Crippen LogP contribution < -0.4 is 5.73 Å². The summed E-state index contributed by atoms with van der Waals surface area (Å²) < 4.78 is 5.57. The van der Waals surface area contributed by atoms with Crippen LogP contribution in [-0.2, 0) is 4.74 Å². The molecular weight excluding hydrogens is 302 g/mol. The highest BCUT2D eigenvalue weighted by Gasteiger charge is 2.34. The fourth-order valence-corrected chi connectivity index (χ4v) is 3.77. The lowest BCUT2D eigenvalue weighted by molar-refractivity contribution is 0.359. The summed E-state index contributed by atoms with van der Waals surface area (Å²) in [5, 5.41) is 22.8. The van der Waals surface area contributed by atoms with Gasteiger partial charge in [0, 0.05) is 4.88 Å². The summed E-state index contributed by atoms with van der Waals surface area (Å²) >= 11 is 2.96. The van der Waals surface area contributed by atoms with Crippen molar-refractivity contribution < 1.29 is 4.74 Å². The van der Waals surface area contributed by atoms with Crippen molar-refractivity contribution >= 4 is 28.4 Å². The molecule has 0 aliphatic carbocycles. The maximum Gasteiger partial charge on any atom is 0.205 e. The lowest BCUT2D eigenvalue weighted by atomic mass is 9.88. The molecule has 3 rings (SSSR count). The molecule has 0 saturated carbocycles. The van der Waals surface area contributed by atoms with Crippen LogP contribution in [0.2, 0.25) is 0 Å². The minimum absolute atomic E-state index is 0.0679. The Hall–Kier alpha value is -2.54. The largest absolute Gasteiger partial charge is 0.438 e. The highest BCUT2D eigenvalue weighted by atomic mass is 32.1. The van der Waals surface area contributed by atoms with Gasteiger partial charge in [-0.25, -0.2) is 0 Å². The first kappa shape index (κ1) is 13.4. The van der Waals surface area contributed by atoms with Crippen molar-refractivity contribution in [2.75, 3.05) is 0 Å². The Morgan fingerprint density at radius 1 is 1.05 bits per heavy atom. The smallest absolute Gasteiger partial charge is 0.205 e. The summed E-state index contributed by atoms with van der Waals surface area (Å²) in [6, 6.07) is 11.8. The number of rotatable bonds is 2. The van der Waals surface area contributed by atoms with Crippen LogP contribution in [0.3, 0.4) is 0 Å². The third-order valence-corrected chi connectivity index (χ3v) is 4.92. The third kappa shape index (κ3) is 2.21. The van der Waals surface area contributed by atoms with E-state index in [2.05, 4.69) is 12.1 Å². The fourth-order valence-electron chi connectivity index (χ4n) is 2.20. The first-order chi connectivity index (χ1) is 10.3. The molecule has 1 atom stereocenters. The van der Waals surface area contributed by atoms with Gasteiger partial charge < -0.3 is 10.5 Å². The molecule has 0 amide bonds. The van der Waals surface area contributed by atoms with Crippen molar-refractivity contribution in [3.63, 3.8) is 0 Å². The number of nitrogens with zero attached hydrogens (tertiary/aromatic N) is 2. The Balaban J connectivity index is 2.22. The van der Waals surface area contributed by atoms with Gasteiger partial charge in [-0.3, -0.25) is 0 Å². The molecule has 0 radical (unpaired) electrons. The topological polar surface area (TPSA) is 82.8 Å². The molecule has 6 heteroatoms. The lowest BCUT2D eigenvalue weighted by Gasteiger charge is -2.24. The average molecular weight is 311 g/mol. The minimum atomic E-state index is -0.453. The Bertz CT molecular complexity index is 802. The lowest BCUT2D eigenvalue weighted by Crippen LogP contribution is -2.19. The summed E-state index contributed by atoms with van der Waals surface area (Å²) in [5.41, 5.74) is 6.61. The van der Waals surface area contributed by atoms with Gasteiger partial charge in [0.05, 0.1) is 22.4 Å². The van der Waals surface area contributed by atoms with Gasteiger partial charge in [-0.2, -0.15) is 10.5 Å². The number of nitriles is 2. The van der Waals surface area contributed by atoms with E-state index in [1.807, 2.05) is 35.0 Å². The third-order valence-electron chi connectivity index (χ3n) is 3.11. The van der Waals surface area contributed by atoms with Crippen LogP contribution in [0.5, 0.6) is 0 Å². The van der Waals surface area contributed by atoms with Crippen molar-refractivity contribution in [1.29, 1.82) is 10.5 Å². The minimum Gasteiger partial charge on any atom is -0.438 e. The Morgan fingerprint density at radius 3 is 2.33 bits per heavy atom. The van der Waals surface area contributed by atoms with Crippen LogP contribution in [0.25, 0.3) is 5.76 Å². The number of hydrogen-bond donors (Lipinski definition) is 1. The predicted octanol–water partition coefficient (Wildman–Crippen LogP) is 3.55. The monoisotopic (exact) mass is 311 g/mol. The first-order valence-corrected chi connectivity index (χ1v) is 7.81. The highest BCUT2D eigenvalue weighted by molar-refractivity contribution is 7.11. The molecule has 1 aliphatic rings. The van der Waals surface area contributed by atoms with E-state index < -0.39 is 5.92 Å². The second-order valence-corrected chi connectivity index (χ2v) is 6.20. The Morgan fingerprint density at radius 2 is 1.76 bits per heavy atom. The molecule has 0 saturated heterocycles. The van der Waals surface area contributed by atoms with Gasteiger partial charge in [-0.05, 0) is 22.9 Å². The zero-order valence-corrected chi connectivity index (χ0v) is 12.4. The number of allylic oxidation sites excluding steroid dienone is 2. The number of thiophene rings is 2. The van der Waals surface area contributed by atoms with Gasteiger partial charge in [0.2, 0.25) is 5.88 Å². The maximum absolute atomic E-state index is 9.58. The molecule has 4 nitrogen and oxygen atoms in total. The van der Waals surface area contributed by atoms with Gasteiger partial charge in [0.25, 0.3) is 0 Å². The normalized spacial score (nSPS) is 18.1. The number of hydrogen-bond acceptors (Lipinski definition) is 6. The number of nitrogens with two attached hydrogens (primary N) is 1. The highest BCUT2D eigenvalue weighted by Crippen LogP contribution is 2.43. The van der Waals surface area contributed by atoms with E-state index in [1.54, 1.807) is 0 Å². The van der Waals surface area contributed by atoms with E-state index in [0.717, 1.165) is 9.75 Å². The Kier molecular flexibility index (Phi) is 3.49. The summed E-state index contributed by atoms with van der Waals surface area (Å²) in [6.45, 7) is 0. The van der Waals surface area contributed by atoms with Crippen molar-refractivity contribution in [3.05, 3.63) is 61.8 Å². The SMILES string of the molecule is N#CC1=C(N)OC(c2cccs2)=C(C#N)[C@H]1c1cccs1. The summed E-state index contributed by atoms with van der Waals surface area (Å²) in [6.07, 6.45) is 0. The molecule has 2 aromatic rings.